The van der Waals surface area contributed by atoms with Crippen LogP contribution >= 0.6 is 0 Å². The van der Waals surface area contributed by atoms with Gasteiger partial charge in [0.2, 0.25) is 0 Å². The molecule has 15 heavy (non-hydrogen) atoms. The van der Waals surface area contributed by atoms with E-state index in [0.29, 0.717) is 0 Å². The van der Waals surface area contributed by atoms with Crippen LogP contribution < -0.4 is 5.32 Å². The molecular weight excluding hydrogens is 188 g/mol. The first-order valence-corrected chi connectivity index (χ1v) is 4.73. The summed E-state index contributed by atoms with van der Waals surface area (Å²) in [6.45, 7) is 0. The van der Waals surface area contributed by atoms with Crippen molar-refractivity contribution in [3.63, 3.8) is 0 Å². The first-order chi connectivity index (χ1) is 7.31. The maximum atomic E-state index is 9.65. The Labute approximate surface area is 88.4 Å². The lowest BCUT2D eigenvalue weighted by Gasteiger charge is -2.04. The van der Waals surface area contributed by atoms with E-state index >= 15 is 0 Å². The van der Waals surface area contributed by atoms with Gasteiger partial charge in [0, 0.05) is 24.4 Å². The molecule has 0 amide bonds. The van der Waals surface area contributed by atoms with Gasteiger partial charge in [-0.15, -0.1) is 0 Å². The van der Waals surface area contributed by atoms with Crippen LogP contribution in [-0.2, 0) is 0 Å². The highest BCUT2D eigenvalue weighted by molar-refractivity contribution is 5.69. The van der Waals surface area contributed by atoms with Crippen LogP contribution in [0.15, 0.2) is 42.6 Å². The van der Waals surface area contributed by atoms with Crippen molar-refractivity contribution in [3.8, 4) is 16.9 Å². The number of phenolic OH excluding ortho intramolecular Hbond substituents is 1. The maximum absolute atomic E-state index is 9.65. The Kier molecular flexibility index (Phi) is 2.54. The quantitative estimate of drug-likeness (QED) is 0.782. The molecule has 1 aromatic carbocycles. The number of anilines is 1. The van der Waals surface area contributed by atoms with Gasteiger partial charge >= 0.3 is 0 Å². The molecule has 0 spiro atoms. The summed E-state index contributed by atoms with van der Waals surface area (Å²) in [5, 5.41) is 12.6. The summed E-state index contributed by atoms with van der Waals surface area (Å²) in [7, 11) is 1.82. The molecule has 2 N–H and O–H groups in total. The van der Waals surface area contributed by atoms with Crippen LogP contribution in [0.2, 0.25) is 0 Å². The first kappa shape index (κ1) is 9.52. The maximum Gasteiger partial charge on any atom is 0.125 e. The molecule has 0 aliphatic rings. The van der Waals surface area contributed by atoms with E-state index in [1.165, 1.54) is 0 Å². The van der Waals surface area contributed by atoms with Crippen LogP contribution in [0.1, 0.15) is 0 Å². The lowest BCUT2D eigenvalue weighted by molar-refractivity contribution is 0.477. The Hall–Kier alpha value is -2.03. The van der Waals surface area contributed by atoms with Gasteiger partial charge in [-0.2, -0.15) is 0 Å². The van der Waals surface area contributed by atoms with Crippen LogP contribution in [0.25, 0.3) is 11.1 Å². The number of pyridine rings is 1. The van der Waals surface area contributed by atoms with Crippen molar-refractivity contribution in [1.82, 2.24) is 4.98 Å². The second kappa shape index (κ2) is 4.00. The van der Waals surface area contributed by atoms with E-state index in [1.807, 2.05) is 31.3 Å². The molecule has 2 rings (SSSR count). The van der Waals surface area contributed by atoms with Gasteiger partial charge in [-0.3, -0.25) is 0 Å². The minimum Gasteiger partial charge on any atom is -0.507 e. The van der Waals surface area contributed by atoms with Crippen molar-refractivity contribution in [2.24, 2.45) is 0 Å². The molecule has 0 atom stereocenters. The molecule has 1 aromatic heterocycles. The van der Waals surface area contributed by atoms with E-state index in [4.69, 9.17) is 0 Å². The number of benzene rings is 1. The minimum atomic E-state index is 0.275. The van der Waals surface area contributed by atoms with E-state index in [0.717, 1.165) is 16.9 Å². The van der Waals surface area contributed by atoms with Crippen molar-refractivity contribution < 1.29 is 5.11 Å². The first-order valence-electron chi connectivity index (χ1n) is 4.73. The number of phenols is 1. The Morgan fingerprint density at radius 2 is 1.93 bits per heavy atom. The van der Waals surface area contributed by atoms with E-state index in [9.17, 15) is 5.11 Å². The standard InChI is InChI=1S/C12H12N2O/c1-13-12-7-6-9(8-14-12)10-4-2-3-5-11(10)15/h2-8,15H,1H3,(H,13,14). The molecule has 76 valence electrons. The molecule has 1 heterocycles. The molecule has 0 fully saturated rings. The number of nitrogens with zero attached hydrogens (tertiary/aromatic N) is 1. The summed E-state index contributed by atoms with van der Waals surface area (Å²) in [5.41, 5.74) is 1.71. The minimum absolute atomic E-state index is 0.275. The Balaban J connectivity index is 2.42. The zero-order valence-electron chi connectivity index (χ0n) is 8.44. The molecule has 3 nitrogen and oxygen atoms in total. The number of aromatic hydroxyl groups is 1. The lowest BCUT2D eigenvalue weighted by atomic mass is 10.1. The monoisotopic (exact) mass is 200 g/mol. The molecule has 0 aliphatic carbocycles. The van der Waals surface area contributed by atoms with Crippen molar-refractivity contribution in [2.75, 3.05) is 12.4 Å². The van der Waals surface area contributed by atoms with Crippen molar-refractivity contribution >= 4 is 5.82 Å². The second-order valence-corrected chi connectivity index (χ2v) is 3.20. The van der Waals surface area contributed by atoms with Gasteiger partial charge in [-0.05, 0) is 18.2 Å². The molecule has 0 aliphatic heterocycles. The molecular formula is C12H12N2O. The Morgan fingerprint density at radius 1 is 1.13 bits per heavy atom. The number of hydrogen-bond acceptors (Lipinski definition) is 3. The molecule has 0 unspecified atom stereocenters. The molecule has 3 heteroatoms. The van der Waals surface area contributed by atoms with Gasteiger partial charge in [0.15, 0.2) is 0 Å². The van der Waals surface area contributed by atoms with E-state index in [-0.39, 0.29) is 5.75 Å². The van der Waals surface area contributed by atoms with E-state index < -0.39 is 0 Å². The topological polar surface area (TPSA) is 45.1 Å². The van der Waals surface area contributed by atoms with Crippen molar-refractivity contribution in [2.45, 2.75) is 0 Å². The number of para-hydroxylation sites is 1. The molecule has 0 bridgehead atoms. The van der Waals surface area contributed by atoms with Gasteiger partial charge in [-0.25, -0.2) is 4.98 Å². The average Bonchev–Trinajstić information content (AvgIpc) is 2.30. The second-order valence-electron chi connectivity index (χ2n) is 3.20. The largest absolute Gasteiger partial charge is 0.507 e. The van der Waals surface area contributed by atoms with Crippen LogP contribution in [-0.4, -0.2) is 17.1 Å². The highest BCUT2D eigenvalue weighted by Crippen LogP contribution is 2.28. The van der Waals surface area contributed by atoms with Gasteiger partial charge < -0.3 is 10.4 Å². The summed E-state index contributed by atoms with van der Waals surface area (Å²) in [4.78, 5) is 4.19. The highest BCUT2D eigenvalue weighted by Gasteiger charge is 2.02. The highest BCUT2D eigenvalue weighted by atomic mass is 16.3. The van der Waals surface area contributed by atoms with Gasteiger partial charge in [0.25, 0.3) is 0 Å². The van der Waals surface area contributed by atoms with Crippen molar-refractivity contribution in [3.05, 3.63) is 42.6 Å². The molecule has 2 aromatic rings. The summed E-state index contributed by atoms with van der Waals surface area (Å²) in [6.07, 6.45) is 1.74. The van der Waals surface area contributed by atoms with Gasteiger partial charge in [-0.1, -0.05) is 18.2 Å². The predicted octanol–water partition coefficient (Wildman–Crippen LogP) is 2.50. The van der Waals surface area contributed by atoms with Crippen molar-refractivity contribution in [1.29, 1.82) is 0 Å². The van der Waals surface area contributed by atoms with Crippen LogP contribution in [0, 0.1) is 0 Å². The smallest absolute Gasteiger partial charge is 0.125 e. The predicted molar refractivity (Wildman–Crippen MR) is 60.9 cm³/mol. The molecule has 0 saturated carbocycles. The average molecular weight is 200 g/mol. The molecule has 0 saturated heterocycles. The third-order valence-corrected chi connectivity index (χ3v) is 2.23. The summed E-state index contributed by atoms with van der Waals surface area (Å²) < 4.78 is 0. The van der Waals surface area contributed by atoms with Gasteiger partial charge in [0.05, 0.1) is 0 Å². The fourth-order valence-electron chi connectivity index (χ4n) is 1.42. The van der Waals surface area contributed by atoms with Crippen LogP contribution in [0.4, 0.5) is 5.82 Å². The van der Waals surface area contributed by atoms with Gasteiger partial charge in [0.1, 0.15) is 11.6 Å². The zero-order chi connectivity index (χ0) is 10.7. The summed E-state index contributed by atoms with van der Waals surface area (Å²) >= 11 is 0. The Bertz CT molecular complexity index is 451. The fourth-order valence-corrected chi connectivity index (χ4v) is 1.42. The zero-order valence-corrected chi connectivity index (χ0v) is 8.44. The summed E-state index contributed by atoms with van der Waals surface area (Å²) in [6, 6.07) is 11.0. The number of rotatable bonds is 2. The Morgan fingerprint density at radius 3 is 2.53 bits per heavy atom. The number of aromatic nitrogens is 1. The molecule has 0 radical (unpaired) electrons. The number of hydrogen-bond donors (Lipinski definition) is 2. The fraction of sp³-hybridized carbons (Fsp3) is 0.0833. The SMILES string of the molecule is CNc1ccc(-c2ccccc2O)cn1. The van der Waals surface area contributed by atoms with Crippen LogP contribution in [0.5, 0.6) is 5.75 Å². The third-order valence-electron chi connectivity index (χ3n) is 2.23. The summed E-state index contributed by atoms with van der Waals surface area (Å²) in [5.74, 6) is 1.09. The van der Waals surface area contributed by atoms with Crippen LogP contribution in [0.3, 0.4) is 0 Å². The number of nitrogens with one attached hydrogen (secondary N) is 1. The normalized spacial score (nSPS) is 9.93. The third kappa shape index (κ3) is 1.91. The lowest BCUT2D eigenvalue weighted by Crippen LogP contribution is -1.91. The van der Waals surface area contributed by atoms with E-state index in [1.54, 1.807) is 18.3 Å². The van der Waals surface area contributed by atoms with E-state index in [2.05, 4.69) is 10.3 Å².